The van der Waals surface area contributed by atoms with Crippen LogP contribution in [0.3, 0.4) is 0 Å². The second-order valence-electron chi connectivity index (χ2n) is 7.37. The van der Waals surface area contributed by atoms with Gasteiger partial charge in [-0.05, 0) is 18.2 Å². The predicted octanol–water partition coefficient (Wildman–Crippen LogP) is -0.350. The van der Waals surface area contributed by atoms with E-state index >= 15 is 0 Å². The Kier molecular flexibility index (Phi) is 6.16. The van der Waals surface area contributed by atoms with Crippen molar-refractivity contribution in [3.8, 4) is 0 Å². The van der Waals surface area contributed by atoms with Crippen molar-refractivity contribution in [2.24, 2.45) is 0 Å². The van der Waals surface area contributed by atoms with Crippen LogP contribution in [0.15, 0.2) is 52.2 Å². The van der Waals surface area contributed by atoms with Crippen molar-refractivity contribution in [1.29, 1.82) is 0 Å². The largest absolute Gasteiger partial charge is 1.00 e. The van der Waals surface area contributed by atoms with Gasteiger partial charge in [-0.25, -0.2) is 0 Å². The van der Waals surface area contributed by atoms with Crippen molar-refractivity contribution < 1.29 is 54.0 Å². The van der Waals surface area contributed by atoms with Crippen molar-refractivity contribution in [2.75, 3.05) is 0 Å². The van der Waals surface area contributed by atoms with Crippen LogP contribution in [0.5, 0.6) is 0 Å². The Balaban J connectivity index is 0.000000168. The molecule has 2 atom stereocenters. The molecule has 2 aliphatic heterocycles. The van der Waals surface area contributed by atoms with E-state index in [0.717, 1.165) is 9.17 Å². The van der Waals surface area contributed by atoms with Gasteiger partial charge in [-0.15, -0.1) is 0 Å². The molecule has 0 radical (unpaired) electrons. The summed E-state index contributed by atoms with van der Waals surface area (Å²) in [4.78, 5) is 0. The summed E-state index contributed by atoms with van der Waals surface area (Å²) in [6.07, 6.45) is 4.13. The van der Waals surface area contributed by atoms with E-state index in [1.807, 2.05) is 6.26 Å². The van der Waals surface area contributed by atoms with E-state index < -0.39 is 8.07 Å². The van der Waals surface area contributed by atoms with E-state index in [1.54, 1.807) is 35.5 Å². The number of benzene rings is 1. The molecule has 0 amide bonds. The number of hydrogen-bond donors (Lipinski definition) is 0. The van der Waals surface area contributed by atoms with Crippen molar-refractivity contribution >= 4 is 19.3 Å². The number of hydrogen-bond acceptors (Lipinski definition) is 1. The van der Waals surface area contributed by atoms with Gasteiger partial charge in [0.2, 0.25) is 0 Å². The Morgan fingerprint density at radius 2 is 1.68 bits per heavy atom. The molecule has 3 heterocycles. The maximum Gasteiger partial charge on any atom is -1.00 e. The van der Waals surface area contributed by atoms with Gasteiger partial charge in [0.05, 0.1) is 14.3 Å². The maximum atomic E-state index is 5.51. The van der Waals surface area contributed by atoms with Gasteiger partial charge < -0.3 is 29.2 Å². The summed E-state index contributed by atoms with van der Waals surface area (Å²) < 4.78 is 6.23. The molecule has 2 unspecified atom stereocenters. The van der Waals surface area contributed by atoms with Crippen LogP contribution >= 0.6 is 0 Å². The van der Waals surface area contributed by atoms with Gasteiger partial charge in [-0.1, -0.05) is 18.7 Å². The molecule has 1 aromatic heterocycles. The number of halogens is 2. The molecule has 0 N–H and O–H groups in total. The minimum Gasteiger partial charge on any atom is -1.00 e. The van der Waals surface area contributed by atoms with Crippen LogP contribution in [-0.2, 0) is 24.7 Å². The molecule has 1 aromatic carbocycles. The second kappa shape index (κ2) is 7.35. The van der Waals surface area contributed by atoms with Gasteiger partial charge in [0.25, 0.3) is 0 Å². The molecule has 4 aliphatic rings. The van der Waals surface area contributed by atoms with Crippen LogP contribution in [0.25, 0.3) is 11.3 Å². The van der Waals surface area contributed by atoms with Crippen LogP contribution in [0.4, 0.5) is 0 Å². The number of furan rings is 1. The first-order chi connectivity index (χ1) is 10.9. The minimum absolute atomic E-state index is 0. The summed E-state index contributed by atoms with van der Waals surface area (Å²) in [7, 11) is -1.08. The van der Waals surface area contributed by atoms with Crippen LogP contribution in [0.1, 0.15) is 45.5 Å². The molecule has 6 rings (SSSR count). The van der Waals surface area contributed by atoms with Gasteiger partial charge in [-0.2, -0.15) is 0 Å². The van der Waals surface area contributed by atoms with Gasteiger partial charge in [0, 0.05) is 11.1 Å². The summed E-state index contributed by atoms with van der Waals surface area (Å²) in [5.41, 5.74) is 8.29. The van der Waals surface area contributed by atoms with Gasteiger partial charge in [0.1, 0.15) is 5.76 Å². The minimum atomic E-state index is -1.08. The van der Waals surface area contributed by atoms with Crippen molar-refractivity contribution in [2.45, 2.75) is 36.1 Å². The Morgan fingerprint density at radius 3 is 2.28 bits per heavy atom. The fourth-order valence-electron chi connectivity index (χ4n) is 4.58. The zero-order valence-electron chi connectivity index (χ0n) is 14.9. The Morgan fingerprint density at radius 1 is 1.00 bits per heavy atom. The Bertz CT molecular complexity index is 866. The molecule has 129 valence electrons. The van der Waals surface area contributed by atoms with Crippen molar-refractivity contribution in [1.82, 2.24) is 0 Å². The van der Waals surface area contributed by atoms with E-state index in [2.05, 4.69) is 63.3 Å². The average molecular weight is 468 g/mol. The van der Waals surface area contributed by atoms with Crippen molar-refractivity contribution in [3.63, 3.8) is 0 Å². The fraction of sp³-hybridized carbons (Fsp3) is 0.300. The molecule has 2 bridgehead atoms. The van der Waals surface area contributed by atoms with Gasteiger partial charge >= 0.3 is 82.3 Å². The normalized spacial score (nSPS) is 23.2. The third-order valence-corrected chi connectivity index (χ3v) is 11.6. The SMILES string of the molecule is CC1=C2c3occc3C1[Si]2(C)C.CC1=Cc2ccccc2[CH]1[Zr+2].[Cl-].[Cl-]. The zero-order valence-corrected chi connectivity index (χ0v) is 19.8. The van der Waals surface area contributed by atoms with Crippen molar-refractivity contribution in [3.05, 3.63) is 70.2 Å². The van der Waals surface area contributed by atoms with Crippen LogP contribution in [0.2, 0.25) is 13.1 Å². The molecular weight excluding hydrogens is 446 g/mol. The van der Waals surface area contributed by atoms with E-state index in [0.29, 0.717) is 0 Å². The summed E-state index contributed by atoms with van der Waals surface area (Å²) in [5.74, 6) is 1.22. The molecule has 1 nitrogen and oxygen atoms in total. The first-order valence-electron chi connectivity index (χ1n) is 8.20. The molecule has 0 saturated carbocycles. The standard InChI is InChI=1S/C10H12OSi.C10H9.2ClH.Zr/c1-6-9-7-4-5-11-8(7)10(6)12(9,2)3;1-8-6-9-4-2-3-5-10(9)7-8;;;/h4-5,9H,1-3H3;2-7H,1H3;2*1H;/q;;;;+2/p-2. The second-order valence-corrected chi connectivity index (χ2v) is 13.3. The molecule has 0 fully saturated rings. The van der Waals surface area contributed by atoms with Crippen LogP contribution < -0.4 is 24.8 Å². The van der Waals surface area contributed by atoms with Gasteiger partial charge in [0.15, 0.2) is 0 Å². The third-order valence-electron chi connectivity index (χ3n) is 5.57. The monoisotopic (exact) mass is 465 g/mol. The Labute approximate surface area is 178 Å². The van der Waals surface area contributed by atoms with Crippen LogP contribution in [0, 0.1) is 0 Å². The van der Waals surface area contributed by atoms with E-state index in [4.69, 9.17) is 4.42 Å². The number of fused-ring (bicyclic) bond motifs is 1. The number of allylic oxidation sites excluding steroid dienone is 2. The molecule has 0 spiro atoms. The average Bonchev–Trinajstić information content (AvgIpc) is 3.18. The van der Waals surface area contributed by atoms with Gasteiger partial charge in [-0.3, -0.25) is 0 Å². The smallest absolute Gasteiger partial charge is 1.00 e. The molecule has 25 heavy (non-hydrogen) atoms. The first kappa shape index (κ1) is 21.0. The fourth-order valence-corrected chi connectivity index (χ4v) is 9.68. The molecular formula is C20H21Cl2OSiZr. The predicted molar refractivity (Wildman–Crippen MR) is 94.4 cm³/mol. The number of rotatable bonds is 0. The summed E-state index contributed by atoms with van der Waals surface area (Å²) in [6, 6.07) is 10.8. The van der Waals surface area contributed by atoms with E-state index in [-0.39, 0.29) is 24.8 Å². The first-order valence-corrected chi connectivity index (χ1v) is 12.7. The Hall–Kier alpha value is -0.340. The molecule has 2 aromatic rings. The quantitative estimate of drug-likeness (QED) is 0.483. The summed E-state index contributed by atoms with van der Waals surface area (Å²) >= 11 is 1.60. The third kappa shape index (κ3) is 3.02. The zero-order chi connectivity index (χ0) is 16.4. The van der Waals surface area contributed by atoms with E-state index in [1.165, 1.54) is 28.0 Å². The van der Waals surface area contributed by atoms with Crippen LogP contribution in [-0.4, -0.2) is 8.07 Å². The maximum absolute atomic E-state index is 5.51. The summed E-state index contributed by atoms with van der Waals surface area (Å²) in [5, 5.41) is 1.59. The molecule has 0 saturated heterocycles. The molecule has 2 aliphatic carbocycles. The topological polar surface area (TPSA) is 13.1 Å². The molecule has 5 heteroatoms. The summed E-state index contributed by atoms with van der Waals surface area (Å²) in [6.45, 7) is 9.36. The van der Waals surface area contributed by atoms with E-state index in [9.17, 15) is 0 Å².